The quantitative estimate of drug-likeness (QED) is 0.0351. The maximum atomic E-state index is 14.3. The number of aliphatic hydroxyl groups is 2. The number of likely N-dealkylation sites (N-methyl/N-ethyl adjacent to an activating group) is 1. The molecule has 1 aliphatic heterocycles. The van der Waals surface area contributed by atoms with Gasteiger partial charge in [0.2, 0.25) is 5.79 Å². The number of hydrogen-bond acceptors (Lipinski definition) is 10. The summed E-state index contributed by atoms with van der Waals surface area (Å²) in [5.41, 5.74) is 4.37. The number of benzene rings is 3. The van der Waals surface area contributed by atoms with Crippen molar-refractivity contribution in [1.82, 2.24) is 10.2 Å². The summed E-state index contributed by atoms with van der Waals surface area (Å²) in [6, 6.07) is 24.3. The molecule has 12 heteroatoms. The summed E-state index contributed by atoms with van der Waals surface area (Å²) in [6.45, 7) is 7.44. The first-order valence-electron chi connectivity index (χ1n) is 25.5. The Morgan fingerprint density at radius 1 is 0.853 bits per heavy atom. The lowest BCUT2D eigenvalue weighted by Gasteiger charge is -2.59. The molecule has 0 radical (unpaired) electrons. The van der Waals surface area contributed by atoms with Crippen molar-refractivity contribution in [3.8, 4) is 11.5 Å². The molecule has 0 saturated heterocycles. The van der Waals surface area contributed by atoms with Crippen molar-refractivity contribution in [3.63, 3.8) is 0 Å². The van der Waals surface area contributed by atoms with Crippen LogP contribution in [0.3, 0.4) is 0 Å². The van der Waals surface area contributed by atoms with E-state index in [0.29, 0.717) is 43.2 Å². The Hall–Kier alpha value is -5.17. The van der Waals surface area contributed by atoms with E-state index in [-0.39, 0.29) is 50.6 Å². The van der Waals surface area contributed by atoms with Gasteiger partial charge in [-0.15, -0.1) is 6.58 Å². The lowest BCUT2D eigenvalue weighted by molar-refractivity contribution is -0.253. The molecule has 0 spiro atoms. The molecule has 370 valence electrons. The molecule has 6 atom stereocenters. The van der Waals surface area contributed by atoms with Crippen LogP contribution < -0.4 is 14.8 Å². The third-order valence-electron chi connectivity index (χ3n) is 13.9. The molecule has 2 amide bonds. The topological polar surface area (TPSA) is 148 Å². The van der Waals surface area contributed by atoms with E-state index in [9.17, 15) is 19.8 Å². The first kappa shape index (κ1) is 52.2. The maximum Gasteiger partial charge on any atom is 0.412 e. The number of nitrogens with zero attached hydrogens (tertiary/aromatic N) is 2. The van der Waals surface area contributed by atoms with Gasteiger partial charge in [0.15, 0.2) is 0 Å². The molecule has 3 aliphatic rings. The predicted molar refractivity (Wildman–Crippen MR) is 266 cm³/mol. The highest BCUT2D eigenvalue weighted by atomic mass is 16.7. The number of carbonyl (C=O) groups excluding carboxylic acids is 2. The molecule has 0 bridgehead atoms. The summed E-state index contributed by atoms with van der Waals surface area (Å²) >= 11 is 0. The van der Waals surface area contributed by atoms with Crippen molar-refractivity contribution >= 4 is 17.9 Å². The van der Waals surface area contributed by atoms with Crippen LogP contribution in [-0.2, 0) is 27.5 Å². The van der Waals surface area contributed by atoms with E-state index >= 15 is 0 Å². The van der Waals surface area contributed by atoms with Crippen LogP contribution in [0.5, 0.6) is 11.5 Å². The molecule has 1 heterocycles. The molecule has 1 fully saturated rings. The third-order valence-corrected chi connectivity index (χ3v) is 13.9. The first-order valence-corrected chi connectivity index (χ1v) is 25.5. The fourth-order valence-corrected chi connectivity index (χ4v) is 10.4. The van der Waals surface area contributed by atoms with Gasteiger partial charge in [0.1, 0.15) is 24.1 Å². The minimum atomic E-state index is -1.43. The zero-order valence-corrected chi connectivity index (χ0v) is 40.7. The van der Waals surface area contributed by atoms with E-state index in [1.807, 2.05) is 72.8 Å². The first-order chi connectivity index (χ1) is 33.3. The third kappa shape index (κ3) is 14.2. The Morgan fingerprint density at radius 3 is 2.19 bits per heavy atom. The fourth-order valence-electron chi connectivity index (χ4n) is 10.4. The second-order valence-corrected chi connectivity index (χ2v) is 18.7. The zero-order valence-electron chi connectivity index (χ0n) is 40.7. The number of hydrogen-bond donors (Lipinski definition) is 3. The maximum absolute atomic E-state index is 14.3. The van der Waals surface area contributed by atoms with Crippen molar-refractivity contribution in [3.05, 3.63) is 120 Å². The lowest BCUT2D eigenvalue weighted by atomic mass is 9.55. The summed E-state index contributed by atoms with van der Waals surface area (Å²) in [6.07, 6.45) is 19.4. The number of nitrogens with one attached hydrogen (secondary N) is 1. The number of carbonyl (C=O) groups is 2. The normalized spacial score (nSPS) is 22.0. The van der Waals surface area contributed by atoms with Crippen molar-refractivity contribution in [2.24, 2.45) is 22.9 Å². The van der Waals surface area contributed by atoms with E-state index in [0.717, 1.165) is 67.2 Å². The van der Waals surface area contributed by atoms with Crippen LogP contribution in [0.15, 0.2) is 108 Å². The summed E-state index contributed by atoms with van der Waals surface area (Å²) < 4.78 is 26.3. The van der Waals surface area contributed by atoms with Gasteiger partial charge < -0.3 is 44.2 Å². The number of aliphatic hydroxyl groups excluding tert-OH is 2. The van der Waals surface area contributed by atoms with Gasteiger partial charge in [0, 0.05) is 44.7 Å². The number of ether oxygens (including phenoxy) is 4. The van der Waals surface area contributed by atoms with Crippen LogP contribution in [0.4, 0.5) is 9.59 Å². The van der Waals surface area contributed by atoms with Crippen LogP contribution in [-0.4, -0.2) is 78.3 Å². The average Bonchev–Trinajstić information content (AvgIpc) is 3.36. The van der Waals surface area contributed by atoms with Gasteiger partial charge in [0.05, 0.1) is 24.8 Å². The molecule has 6 rings (SSSR count). The Kier molecular flexibility index (Phi) is 21.3. The van der Waals surface area contributed by atoms with Crippen molar-refractivity contribution in [1.29, 1.82) is 0 Å². The highest BCUT2D eigenvalue weighted by molar-refractivity contribution is 6.03. The predicted octanol–water partition coefficient (Wildman–Crippen LogP) is 11.8. The summed E-state index contributed by atoms with van der Waals surface area (Å²) in [4.78, 5) is 35.4. The van der Waals surface area contributed by atoms with Crippen LogP contribution in [0.1, 0.15) is 139 Å². The zero-order chi connectivity index (χ0) is 48.0. The molecule has 3 aromatic rings. The standard InChI is InChI=1S/C56H77N3O9/c1-4-6-7-8-9-10-11-12-13-24-36-64-55(63)59(3)51-39-49(58-66-41-43-27-18-15-19-28-43)47-37-44(29-20-22-33-60)46(30-21-23-34-61)52-48-38-45(67-54(62)57-40-42-25-16-14-17-26-42)31-32-50(48)68-56(51,53(47)52)65-35-5-2/h5,14-19,25-28,31-32,37-38,44,46,51-53,60-61H,2,4,6-13,20-24,29-30,33-36,39-41H2,1,3H3,(H,57,62)/t44-,46+,51-,52+,53+,56+/m0/s1. The largest absolute Gasteiger partial charge is 0.459 e. The van der Waals surface area contributed by atoms with E-state index in [1.54, 1.807) is 24.1 Å². The Labute approximate surface area is 405 Å². The van der Waals surface area contributed by atoms with E-state index in [2.05, 4.69) is 24.9 Å². The monoisotopic (exact) mass is 936 g/mol. The minimum absolute atomic E-state index is 0.00402. The van der Waals surface area contributed by atoms with E-state index in [1.165, 1.54) is 44.9 Å². The van der Waals surface area contributed by atoms with Crippen molar-refractivity contribution < 1.29 is 43.6 Å². The fraction of sp³-hybridized carbons (Fsp3) is 0.554. The van der Waals surface area contributed by atoms with Crippen LogP contribution in [0, 0.1) is 17.8 Å². The molecule has 68 heavy (non-hydrogen) atoms. The van der Waals surface area contributed by atoms with Gasteiger partial charge in [-0.1, -0.05) is 156 Å². The van der Waals surface area contributed by atoms with Gasteiger partial charge >= 0.3 is 12.2 Å². The molecule has 0 unspecified atom stereocenters. The molecule has 12 nitrogen and oxygen atoms in total. The van der Waals surface area contributed by atoms with Gasteiger partial charge in [-0.3, -0.25) is 0 Å². The molecular formula is C56H77N3O9. The average molecular weight is 936 g/mol. The Balaban J connectivity index is 1.37. The number of allylic oxidation sites excluding steroid dienone is 1. The summed E-state index contributed by atoms with van der Waals surface area (Å²) in [7, 11) is 1.75. The van der Waals surface area contributed by atoms with Crippen LogP contribution in [0.25, 0.3) is 0 Å². The molecule has 0 aromatic heterocycles. The van der Waals surface area contributed by atoms with E-state index in [4.69, 9.17) is 28.9 Å². The smallest absolute Gasteiger partial charge is 0.412 e. The van der Waals surface area contributed by atoms with Gasteiger partial charge in [-0.05, 0) is 78.8 Å². The number of fused-ring (bicyclic) bond motifs is 2. The number of amides is 2. The number of rotatable bonds is 29. The second kappa shape index (κ2) is 27.7. The van der Waals surface area contributed by atoms with Crippen LogP contribution in [0.2, 0.25) is 0 Å². The van der Waals surface area contributed by atoms with Gasteiger partial charge in [-0.25, -0.2) is 9.59 Å². The highest BCUT2D eigenvalue weighted by Crippen LogP contribution is 2.62. The molecule has 2 aliphatic carbocycles. The Morgan fingerprint density at radius 2 is 1.51 bits per heavy atom. The van der Waals surface area contributed by atoms with Gasteiger partial charge in [-0.2, -0.15) is 0 Å². The summed E-state index contributed by atoms with van der Waals surface area (Å²) in [5, 5.41) is 27.7. The minimum Gasteiger partial charge on any atom is -0.459 e. The molecule has 3 N–H and O–H groups in total. The van der Waals surface area contributed by atoms with Crippen molar-refractivity contribution in [2.45, 2.75) is 147 Å². The summed E-state index contributed by atoms with van der Waals surface area (Å²) in [5.74, 6) is -1.26. The van der Waals surface area contributed by atoms with Crippen LogP contribution >= 0.6 is 0 Å². The number of oxime groups is 1. The molecule has 1 saturated carbocycles. The highest BCUT2D eigenvalue weighted by Gasteiger charge is 2.65. The SMILES string of the molecule is C=CCO[C@@]12Oc3ccc(OC(=O)NCc4ccccc4)cc3[C@H]3[C@H](CCCCO)[C@@H](CCCCO)C=C(C(=NOCc4ccccc4)C[C@@H]1N(C)C(=O)OCCCCCCCCCCCC)[C@H]32. The van der Waals surface area contributed by atoms with Gasteiger partial charge in [0.25, 0.3) is 0 Å². The molecular weight excluding hydrogens is 859 g/mol. The van der Waals surface area contributed by atoms with Crippen molar-refractivity contribution in [2.75, 3.05) is 33.5 Å². The molecule has 3 aromatic carbocycles. The second-order valence-electron chi connectivity index (χ2n) is 18.7. The Bertz CT molecular complexity index is 2060. The number of unbranched alkanes of at least 4 members (excludes halogenated alkanes) is 11. The van der Waals surface area contributed by atoms with E-state index < -0.39 is 29.9 Å². The lowest BCUT2D eigenvalue weighted by Crippen LogP contribution is -2.69.